The minimum Gasteiger partial charge on any atom is -0.482 e. The second-order valence-corrected chi connectivity index (χ2v) is 9.89. The number of carbonyl (C=O) groups excluding carboxylic acids is 1. The van der Waals surface area contributed by atoms with Crippen LogP contribution >= 0.6 is 15.9 Å². The fourth-order valence-corrected chi connectivity index (χ4v) is 5.92. The first kappa shape index (κ1) is 18.2. The first-order chi connectivity index (χ1) is 12.4. The number of fused-ring (bicyclic) bond motifs is 1. The number of benzene rings is 1. The Morgan fingerprint density at radius 3 is 2.54 bits per heavy atom. The highest BCUT2D eigenvalue weighted by Gasteiger charge is 2.40. The first-order valence-electron chi connectivity index (χ1n) is 8.84. The Bertz CT molecular complexity index is 837. The molecule has 142 valence electrons. The van der Waals surface area contributed by atoms with Crippen LogP contribution in [0.2, 0.25) is 0 Å². The summed E-state index contributed by atoms with van der Waals surface area (Å²) >= 11 is 3.36. The Hall–Kier alpha value is -1.16. The van der Waals surface area contributed by atoms with Crippen LogP contribution in [0.25, 0.3) is 0 Å². The Labute approximate surface area is 161 Å². The normalized spacial score (nSPS) is 20.1. The van der Waals surface area contributed by atoms with Gasteiger partial charge in [-0.3, -0.25) is 4.79 Å². The fourth-order valence-electron chi connectivity index (χ4n) is 3.22. The zero-order chi connectivity index (χ0) is 18.5. The van der Waals surface area contributed by atoms with Gasteiger partial charge in [-0.05, 0) is 54.7 Å². The molecule has 0 unspecified atom stereocenters. The van der Waals surface area contributed by atoms with Gasteiger partial charge in [-0.15, -0.1) is 0 Å². The lowest BCUT2D eigenvalue weighted by Gasteiger charge is -2.26. The molecule has 26 heavy (non-hydrogen) atoms. The summed E-state index contributed by atoms with van der Waals surface area (Å²) in [6.45, 7) is 1.11. The molecule has 1 heterocycles. The van der Waals surface area contributed by atoms with Gasteiger partial charge in [0.15, 0.2) is 6.61 Å². The molecule has 0 atom stereocenters. The molecule has 1 aromatic rings. The molecule has 0 radical (unpaired) electrons. The summed E-state index contributed by atoms with van der Waals surface area (Å²) in [5.74, 6) is 0.139. The topological polar surface area (TPSA) is 79.0 Å². The van der Waals surface area contributed by atoms with E-state index in [1.54, 1.807) is 10.4 Å². The summed E-state index contributed by atoms with van der Waals surface area (Å²) in [6, 6.07) is 3.79. The largest absolute Gasteiger partial charge is 0.482 e. The maximum absolute atomic E-state index is 13.3. The number of sulfonamides is 1. The van der Waals surface area contributed by atoms with Crippen molar-refractivity contribution in [3.05, 3.63) is 16.6 Å². The molecule has 0 bridgehead atoms. The molecule has 1 amide bonds. The minimum absolute atomic E-state index is 0.0798. The number of nitrogens with one attached hydrogen (secondary N) is 1. The van der Waals surface area contributed by atoms with Crippen LogP contribution < -0.4 is 10.1 Å². The molecule has 0 aromatic heterocycles. The first-order valence-corrected chi connectivity index (χ1v) is 11.1. The van der Waals surface area contributed by atoms with E-state index >= 15 is 0 Å². The van der Waals surface area contributed by atoms with Crippen LogP contribution in [-0.2, 0) is 14.8 Å². The summed E-state index contributed by atoms with van der Waals surface area (Å²) in [4.78, 5) is 13.9. The number of rotatable bonds is 7. The molecular formula is C17H22BrN3O4S. The molecule has 1 N–H and O–H groups in total. The second-order valence-electron chi connectivity index (χ2n) is 7.17. The van der Waals surface area contributed by atoms with Crippen LogP contribution in [0.4, 0.5) is 5.69 Å². The number of ether oxygens (including phenoxy) is 1. The van der Waals surface area contributed by atoms with Gasteiger partial charge in [-0.25, -0.2) is 8.42 Å². The van der Waals surface area contributed by atoms with E-state index in [0.29, 0.717) is 28.5 Å². The number of anilines is 1. The van der Waals surface area contributed by atoms with E-state index < -0.39 is 10.0 Å². The Morgan fingerprint density at radius 2 is 1.88 bits per heavy atom. The molecule has 4 rings (SSSR count). The van der Waals surface area contributed by atoms with Crippen LogP contribution in [0.5, 0.6) is 5.75 Å². The van der Waals surface area contributed by atoms with Crippen LogP contribution in [0.3, 0.4) is 0 Å². The molecule has 2 aliphatic carbocycles. The van der Waals surface area contributed by atoms with E-state index in [2.05, 4.69) is 33.2 Å². The van der Waals surface area contributed by atoms with Crippen molar-refractivity contribution in [3.8, 4) is 5.75 Å². The van der Waals surface area contributed by atoms with Gasteiger partial charge < -0.3 is 15.0 Å². The predicted molar refractivity (Wildman–Crippen MR) is 101 cm³/mol. The summed E-state index contributed by atoms with van der Waals surface area (Å²) in [5, 5.41) is 2.69. The van der Waals surface area contributed by atoms with E-state index in [0.717, 1.165) is 19.4 Å². The molecule has 0 saturated heterocycles. The van der Waals surface area contributed by atoms with Gasteiger partial charge in [-0.2, -0.15) is 4.31 Å². The smallest absolute Gasteiger partial charge is 0.262 e. The molecule has 1 aliphatic heterocycles. The van der Waals surface area contributed by atoms with Gasteiger partial charge in [0.2, 0.25) is 10.0 Å². The van der Waals surface area contributed by atoms with Crippen molar-refractivity contribution in [3.63, 3.8) is 0 Å². The highest BCUT2D eigenvalue weighted by Crippen LogP contribution is 2.39. The average Bonchev–Trinajstić information content (AvgIpc) is 3.46. The quantitative estimate of drug-likeness (QED) is 0.697. The number of halogens is 1. The zero-order valence-electron chi connectivity index (χ0n) is 14.6. The number of nitrogens with zero attached hydrogens (tertiary/aromatic N) is 2. The van der Waals surface area contributed by atoms with Crippen molar-refractivity contribution in [2.75, 3.05) is 32.1 Å². The SMILES string of the molecule is CN(CCN(C1CC1)S(=O)(=O)c1cc2c(cc1Br)NC(=O)CO2)C1CC1. The average molecular weight is 444 g/mol. The summed E-state index contributed by atoms with van der Waals surface area (Å²) in [5.41, 5.74) is 0.485. The van der Waals surface area contributed by atoms with Crippen LogP contribution in [0.15, 0.2) is 21.5 Å². The third-order valence-electron chi connectivity index (χ3n) is 5.05. The lowest BCUT2D eigenvalue weighted by molar-refractivity contribution is -0.118. The molecule has 9 heteroatoms. The molecular weight excluding hydrogens is 422 g/mol. The van der Waals surface area contributed by atoms with Gasteiger partial charge in [0.05, 0.1) is 5.69 Å². The van der Waals surface area contributed by atoms with Crippen molar-refractivity contribution in [1.29, 1.82) is 0 Å². The fraction of sp³-hybridized carbons (Fsp3) is 0.588. The van der Waals surface area contributed by atoms with Crippen molar-refractivity contribution in [2.45, 2.75) is 42.7 Å². The van der Waals surface area contributed by atoms with Crippen molar-refractivity contribution < 1.29 is 17.9 Å². The summed E-state index contributed by atoms with van der Waals surface area (Å²) in [6.07, 6.45) is 4.21. The summed E-state index contributed by atoms with van der Waals surface area (Å²) in [7, 11) is -1.59. The third kappa shape index (κ3) is 3.62. The van der Waals surface area contributed by atoms with Crippen LogP contribution in [0.1, 0.15) is 25.7 Å². The number of hydrogen-bond acceptors (Lipinski definition) is 5. The van der Waals surface area contributed by atoms with E-state index in [-0.39, 0.29) is 23.5 Å². The van der Waals surface area contributed by atoms with Gasteiger partial charge in [0.1, 0.15) is 10.6 Å². The molecule has 1 aromatic carbocycles. The molecule has 7 nitrogen and oxygen atoms in total. The lowest BCUT2D eigenvalue weighted by atomic mass is 10.2. The Kier molecular flexibility index (Phi) is 4.75. The molecule has 2 fully saturated rings. The standard InChI is InChI=1S/C17H22BrN3O4S/c1-20(11-2-3-11)6-7-21(12-4-5-12)26(23,24)16-9-15-14(8-13(16)18)19-17(22)10-25-15/h8-9,11-12H,2-7,10H2,1H3,(H,19,22). The van der Waals surface area contributed by atoms with E-state index in [9.17, 15) is 13.2 Å². The zero-order valence-corrected chi connectivity index (χ0v) is 17.0. The van der Waals surface area contributed by atoms with Gasteiger partial charge >= 0.3 is 0 Å². The molecule has 2 saturated carbocycles. The number of hydrogen-bond donors (Lipinski definition) is 1. The number of likely N-dealkylation sites (N-methyl/N-ethyl adjacent to an activating group) is 1. The monoisotopic (exact) mass is 443 g/mol. The number of amides is 1. The highest BCUT2D eigenvalue weighted by atomic mass is 79.9. The highest BCUT2D eigenvalue weighted by molar-refractivity contribution is 9.10. The Morgan fingerprint density at radius 1 is 1.19 bits per heavy atom. The van der Waals surface area contributed by atoms with Crippen molar-refractivity contribution in [2.24, 2.45) is 0 Å². The van der Waals surface area contributed by atoms with Crippen molar-refractivity contribution in [1.82, 2.24) is 9.21 Å². The van der Waals surface area contributed by atoms with Gasteiger partial charge in [-0.1, -0.05) is 0 Å². The van der Waals surface area contributed by atoms with E-state index in [4.69, 9.17) is 4.74 Å². The van der Waals surface area contributed by atoms with Crippen LogP contribution in [0, 0.1) is 0 Å². The molecule has 3 aliphatic rings. The summed E-state index contributed by atoms with van der Waals surface area (Å²) < 4.78 is 34.1. The van der Waals surface area contributed by atoms with Crippen molar-refractivity contribution >= 4 is 37.5 Å². The van der Waals surface area contributed by atoms with Gasteiger partial charge in [0, 0.05) is 35.7 Å². The van der Waals surface area contributed by atoms with Gasteiger partial charge in [0.25, 0.3) is 5.91 Å². The minimum atomic E-state index is -3.65. The lowest BCUT2D eigenvalue weighted by Crippen LogP contribution is -2.39. The third-order valence-corrected chi connectivity index (χ3v) is 7.96. The maximum atomic E-state index is 13.3. The predicted octanol–water partition coefficient (Wildman–Crippen LogP) is 2.03. The second kappa shape index (κ2) is 6.78. The van der Waals surface area contributed by atoms with E-state index in [1.165, 1.54) is 18.9 Å². The Balaban J connectivity index is 1.60. The number of carbonyl (C=O) groups is 1. The van der Waals surface area contributed by atoms with Crippen LogP contribution in [-0.4, -0.2) is 62.4 Å². The maximum Gasteiger partial charge on any atom is 0.262 e. The van der Waals surface area contributed by atoms with E-state index in [1.807, 2.05) is 0 Å². The molecule has 0 spiro atoms.